The SMILES string of the molecule is CCCCCCN=C(N)NCCS(=O)(=O)N1CCN(c2ccccn2)CC1. The van der Waals surface area contributed by atoms with Crippen LogP contribution in [-0.2, 0) is 10.0 Å². The normalized spacial score (nSPS) is 16.5. The number of hydrogen-bond acceptors (Lipinski definition) is 5. The van der Waals surface area contributed by atoms with Crippen LogP contribution < -0.4 is 16.0 Å². The molecule has 2 heterocycles. The number of aliphatic imine (C=N–C) groups is 1. The van der Waals surface area contributed by atoms with Crippen molar-refractivity contribution in [3.63, 3.8) is 0 Å². The molecule has 0 bridgehead atoms. The average Bonchev–Trinajstić information content (AvgIpc) is 2.68. The van der Waals surface area contributed by atoms with E-state index in [-0.39, 0.29) is 12.3 Å². The molecule has 27 heavy (non-hydrogen) atoms. The van der Waals surface area contributed by atoms with Crippen molar-refractivity contribution in [2.75, 3.05) is 49.9 Å². The summed E-state index contributed by atoms with van der Waals surface area (Å²) in [6.45, 7) is 5.35. The van der Waals surface area contributed by atoms with Crippen LogP contribution in [0.3, 0.4) is 0 Å². The van der Waals surface area contributed by atoms with Crippen LogP contribution in [-0.4, -0.2) is 68.7 Å². The minimum absolute atomic E-state index is 0.0165. The van der Waals surface area contributed by atoms with E-state index < -0.39 is 10.0 Å². The molecule has 2 rings (SSSR count). The van der Waals surface area contributed by atoms with Gasteiger partial charge >= 0.3 is 0 Å². The van der Waals surface area contributed by atoms with Gasteiger partial charge in [0.2, 0.25) is 10.0 Å². The second-order valence-electron chi connectivity index (χ2n) is 6.64. The zero-order valence-electron chi connectivity index (χ0n) is 16.2. The lowest BCUT2D eigenvalue weighted by molar-refractivity contribution is 0.384. The molecule has 1 aliphatic rings. The van der Waals surface area contributed by atoms with Crippen molar-refractivity contribution >= 4 is 21.8 Å². The minimum Gasteiger partial charge on any atom is -0.370 e. The number of aromatic nitrogens is 1. The Hall–Kier alpha value is -1.87. The standard InChI is InChI=1S/C18H32N6O2S/c1-2-3-4-6-10-21-18(19)22-11-16-27(25,26)24-14-12-23(13-15-24)17-8-5-7-9-20-17/h5,7-9H,2-4,6,10-16H2,1H3,(H3,19,21,22). The number of sulfonamides is 1. The van der Waals surface area contributed by atoms with Crippen LogP contribution in [0.15, 0.2) is 29.4 Å². The second-order valence-corrected chi connectivity index (χ2v) is 8.73. The fourth-order valence-electron chi connectivity index (χ4n) is 2.97. The number of unbranched alkanes of at least 4 members (excludes halogenated alkanes) is 3. The summed E-state index contributed by atoms with van der Waals surface area (Å²) in [5.41, 5.74) is 5.80. The van der Waals surface area contributed by atoms with Crippen molar-refractivity contribution in [1.82, 2.24) is 14.6 Å². The largest absolute Gasteiger partial charge is 0.370 e. The molecule has 1 aromatic rings. The summed E-state index contributed by atoms with van der Waals surface area (Å²) in [7, 11) is -3.30. The first-order chi connectivity index (χ1) is 13.0. The van der Waals surface area contributed by atoms with Crippen LogP contribution in [0.4, 0.5) is 5.82 Å². The number of piperazine rings is 1. The predicted octanol–water partition coefficient (Wildman–Crippen LogP) is 1.02. The summed E-state index contributed by atoms with van der Waals surface area (Å²) in [6.07, 6.45) is 6.29. The smallest absolute Gasteiger partial charge is 0.215 e. The van der Waals surface area contributed by atoms with E-state index in [9.17, 15) is 8.42 Å². The monoisotopic (exact) mass is 396 g/mol. The maximum absolute atomic E-state index is 12.5. The predicted molar refractivity (Wildman–Crippen MR) is 110 cm³/mol. The summed E-state index contributed by atoms with van der Waals surface area (Å²) in [4.78, 5) is 10.7. The molecule has 8 nitrogen and oxygen atoms in total. The highest BCUT2D eigenvalue weighted by atomic mass is 32.2. The Labute approximate surface area is 162 Å². The fraction of sp³-hybridized carbons (Fsp3) is 0.667. The number of nitrogens with two attached hydrogens (primary N) is 1. The van der Waals surface area contributed by atoms with Gasteiger partial charge in [-0.15, -0.1) is 0 Å². The second kappa shape index (κ2) is 11.1. The van der Waals surface area contributed by atoms with E-state index in [1.807, 2.05) is 18.2 Å². The Kier molecular flexibility index (Phi) is 8.80. The van der Waals surface area contributed by atoms with Gasteiger partial charge in [-0.3, -0.25) is 4.99 Å². The van der Waals surface area contributed by atoms with Crippen LogP contribution in [0.5, 0.6) is 0 Å². The molecule has 0 amide bonds. The topological polar surface area (TPSA) is 104 Å². The zero-order chi connectivity index (χ0) is 19.5. The van der Waals surface area contributed by atoms with Gasteiger partial charge in [-0.05, 0) is 18.6 Å². The van der Waals surface area contributed by atoms with Crippen molar-refractivity contribution in [3.05, 3.63) is 24.4 Å². The first-order valence-electron chi connectivity index (χ1n) is 9.70. The number of guanidine groups is 1. The summed E-state index contributed by atoms with van der Waals surface area (Å²) in [5, 5.41) is 2.90. The van der Waals surface area contributed by atoms with Crippen molar-refractivity contribution in [2.24, 2.45) is 10.7 Å². The Balaban J connectivity index is 1.70. The molecule has 1 saturated heterocycles. The first kappa shape index (κ1) is 21.4. The Morgan fingerprint density at radius 1 is 1.22 bits per heavy atom. The van der Waals surface area contributed by atoms with E-state index in [1.54, 1.807) is 10.5 Å². The molecule has 0 atom stereocenters. The van der Waals surface area contributed by atoms with E-state index in [4.69, 9.17) is 5.73 Å². The lowest BCUT2D eigenvalue weighted by atomic mass is 10.2. The van der Waals surface area contributed by atoms with Crippen LogP contribution in [0.1, 0.15) is 32.6 Å². The Bertz CT molecular complexity index is 672. The van der Waals surface area contributed by atoms with Crippen LogP contribution in [0.25, 0.3) is 0 Å². The maximum atomic E-state index is 12.5. The molecule has 0 aliphatic carbocycles. The van der Waals surface area contributed by atoms with E-state index in [0.29, 0.717) is 38.7 Å². The van der Waals surface area contributed by atoms with Crippen molar-refractivity contribution in [2.45, 2.75) is 32.6 Å². The van der Waals surface area contributed by atoms with Gasteiger partial charge in [-0.2, -0.15) is 4.31 Å². The molecule has 0 aromatic carbocycles. The lowest BCUT2D eigenvalue weighted by Gasteiger charge is -2.34. The summed E-state index contributed by atoms with van der Waals surface area (Å²) in [5.74, 6) is 1.23. The number of pyridine rings is 1. The van der Waals surface area contributed by atoms with Gasteiger partial charge in [-0.1, -0.05) is 32.3 Å². The van der Waals surface area contributed by atoms with Crippen molar-refractivity contribution in [3.8, 4) is 0 Å². The Morgan fingerprint density at radius 2 is 2.00 bits per heavy atom. The highest BCUT2D eigenvalue weighted by Crippen LogP contribution is 2.14. The molecule has 1 aromatic heterocycles. The number of rotatable bonds is 10. The van der Waals surface area contributed by atoms with E-state index in [2.05, 4.69) is 27.1 Å². The third-order valence-corrected chi connectivity index (χ3v) is 6.44. The molecule has 3 N–H and O–H groups in total. The highest BCUT2D eigenvalue weighted by Gasteiger charge is 2.26. The molecular weight excluding hydrogens is 364 g/mol. The molecule has 1 aliphatic heterocycles. The molecule has 0 spiro atoms. The lowest BCUT2D eigenvalue weighted by Crippen LogP contribution is -2.50. The quantitative estimate of drug-likeness (QED) is 0.348. The van der Waals surface area contributed by atoms with E-state index in [1.165, 1.54) is 12.8 Å². The summed E-state index contributed by atoms with van der Waals surface area (Å²) >= 11 is 0. The van der Waals surface area contributed by atoms with E-state index in [0.717, 1.165) is 18.7 Å². The molecule has 9 heteroatoms. The maximum Gasteiger partial charge on any atom is 0.215 e. The molecule has 1 fully saturated rings. The van der Waals surface area contributed by atoms with Gasteiger partial charge in [-0.25, -0.2) is 13.4 Å². The molecule has 0 radical (unpaired) electrons. The first-order valence-corrected chi connectivity index (χ1v) is 11.3. The number of nitrogens with one attached hydrogen (secondary N) is 1. The van der Waals surface area contributed by atoms with Crippen molar-refractivity contribution in [1.29, 1.82) is 0 Å². The van der Waals surface area contributed by atoms with Crippen molar-refractivity contribution < 1.29 is 8.42 Å². The Morgan fingerprint density at radius 3 is 2.67 bits per heavy atom. The molecule has 0 saturated carbocycles. The van der Waals surface area contributed by atoms with Gasteiger partial charge in [0.25, 0.3) is 0 Å². The third kappa shape index (κ3) is 7.34. The van der Waals surface area contributed by atoms with E-state index >= 15 is 0 Å². The summed E-state index contributed by atoms with van der Waals surface area (Å²) in [6, 6.07) is 5.75. The van der Waals surface area contributed by atoms with Gasteiger partial charge < -0.3 is 16.0 Å². The molecule has 0 unspecified atom stereocenters. The minimum atomic E-state index is -3.30. The van der Waals surface area contributed by atoms with Gasteiger partial charge in [0.05, 0.1) is 5.75 Å². The average molecular weight is 397 g/mol. The molecular formula is C18H32N6O2S. The molecule has 152 valence electrons. The summed E-state index contributed by atoms with van der Waals surface area (Å²) < 4.78 is 26.6. The van der Waals surface area contributed by atoms with Crippen LogP contribution in [0, 0.1) is 0 Å². The number of nitrogens with zero attached hydrogens (tertiary/aromatic N) is 4. The van der Waals surface area contributed by atoms with Gasteiger partial charge in [0.1, 0.15) is 5.82 Å². The number of hydrogen-bond donors (Lipinski definition) is 2. The van der Waals surface area contributed by atoms with Gasteiger partial charge in [0.15, 0.2) is 5.96 Å². The number of anilines is 1. The fourth-order valence-corrected chi connectivity index (χ4v) is 4.31. The van der Waals surface area contributed by atoms with Gasteiger partial charge in [0, 0.05) is 45.5 Å². The highest BCUT2D eigenvalue weighted by molar-refractivity contribution is 7.89. The third-order valence-electron chi connectivity index (χ3n) is 4.57. The van der Waals surface area contributed by atoms with Crippen LogP contribution in [0.2, 0.25) is 0 Å². The van der Waals surface area contributed by atoms with Crippen LogP contribution >= 0.6 is 0 Å². The zero-order valence-corrected chi connectivity index (χ0v) is 17.0.